The molecule has 0 aliphatic carbocycles. The number of aromatic nitrogens is 3. The molecule has 0 spiro atoms. The summed E-state index contributed by atoms with van der Waals surface area (Å²) in [5.74, 6) is -1.03. The number of rotatable bonds is 5. The molecule has 37 heavy (non-hydrogen) atoms. The Kier molecular flexibility index (Phi) is 9.63. The smallest absolute Gasteiger partial charge is 0.335 e. The number of benzene rings is 3. The zero-order valence-corrected chi connectivity index (χ0v) is 20.2. The second-order valence-electron chi connectivity index (χ2n) is 7.42. The van der Waals surface area contributed by atoms with Crippen molar-refractivity contribution in [1.29, 1.82) is 0 Å². The van der Waals surface area contributed by atoms with Gasteiger partial charge in [0.2, 0.25) is 0 Å². The van der Waals surface area contributed by atoms with Gasteiger partial charge in [-0.3, -0.25) is 4.98 Å². The van der Waals surface area contributed by atoms with Gasteiger partial charge in [-0.25, -0.2) is 14.6 Å². The summed E-state index contributed by atoms with van der Waals surface area (Å²) in [6.07, 6.45) is 3.43. The fourth-order valence-corrected chi connectivity index (χ4v) is 3.77. The Labute approximate surface area is 216 Å². The van der Waals surface area contributed by atoms with E-state index in [1.165, 1.54) is 17.8 Å². The van der Waals surface area contributed by atoms with E-state index in [0.29, 0.717) is 16.9 Å². The van der Waals surface area contributed by atoms with E-state index in [9.17, 15) is 19.8 Å². The molecule has 0 aliphatic rings. The minimum Gasteiger partial charge on any atom is -0.508 e. The van der Waals surface area contributed by atoms with Crippen LogP contribution in [-0.2, 0) is 5.75 Å². The maximum Gasteiger partial charge on any atom is 0.335 e. The van der Waals surface area contributed by atoms with Crippen molar-refractivity contribution in [2.75, 3.05) is 0 Å². The van der Waals surface area contributed by atoms with Crippen LogP contribution in [0.5, 0.6) is 11.5 Å². The van der Waals surface area contributed by atoms with Crippen LogP contribution >= 0.6 is 11.8 Å². The summed E-state index contributed by atoms with van der Waals surface area (Å²) in [5.41, 5.74) is 3.26. The number of nitrogens with one attached hydrogen (secondary N) is 1. The quantitative estimate of drug-likeness (QED) is 0.192. The molecule has 2 heterocycles. The van der Waals surface area contributed by atoms with E-state index in [4.69, 9.17) is 10.2 Å². The first-order valence-electron chi connectivity index (χ1n) is 10.8. The number of H-pyrrole nitrogens is 1. The molecule has 0 radical (unpaired) electrons. The number of thioether (sulfide) groups is 1. The SMILES string of the molecule is O=C(O)c1ccccc1.O=C(O)c1ccccc1.Oc1cc(O)cc(CSc2nc3ccncc3[nH]2)c1. The topological polar surface area (TPSA) is 157 Å². The van der Waals surface area contributed by atoms with Gasteiger partial charge in [0.05, 0.1) is 28.4 Å². The Balaban J connectivity index is 0.000000176. The summed E-state index contributed by atoms with van der Waals surface area (Å²) in [7, 11) is 0. The number of nitrogens with zero attached hydrogens (tertiary/aromatic N) is 2. The number of carboxylic acid groups (broad SMARTS) is 2. The number of aromatic amines is 1. The number of hydrogen-bond donors (Lipinski definition) is 5. The van der Waals surface area contributed by atoms with E-state index >= 15 is 0 Å². The largest absolute Gasteiger partial charge is 0.508 e. The van der Waals surface area contributed by atoms with Crippen LogP contribution in [0.25, 0.3) is 11.0 Å². The molecule has 0 bridgehead atoms. The van der Waals surface area contributed by atoms with E-state index < -0.39 is 11.9 Å². The monoisotopic (exact) mass is 517 g/mol. The molecular weight excluding hydrogens is 494 g/mol. The number of hydrogen-bond acceptors (Lipinski definition) is 7. The molecule has 9 nitrogen and oxygen atoms in total. The summed E-state index contributed by atoms with van der Waals surface area (Å²) in [5, 5.41) is 36.4. The number of aromatic hydroxyl groups is 2. The molecule has 0 saturated heterocycles. The number of fused-ring (bicyclic) bond motifs is 1. The van der Waals surface area contributed by atoms with Gasteiger partial charge in [0, 0.05) is 18.0 Å². The average Bonchev–Trinajstić information content (AvgIpc) is 3.32. The van der Waals surface area contributed by atoms with Gasteiger partial charge in [0.15, 0.2) is 5.16 Å². The van der Waals surface area contributed by atoms with Crippen molar-refractivity contribution in [1.82, 2.24) is 15.0 Å². The van der Waals surface area contributed by atoms with E-state index in [2.05, 4.69) is 15.0 Å². The molecule has 5 rings (SSSR count). The maximum absolute atomic E-state index is 10.2. The summed E-state index contributed by atoms with van der Waals surface area (Å²) < 4.78 is 0. The Hall–Kier alpha value is -4.83. The Morgan fingerprint density at radius 3 is 1.78 bits per heavy atom. The second-order valence-corrected chi connectivity index (χ2v) is 8.39. The maximum atomic E-state index is 10.2. The first-order valence-corrected chi connectivity index (χ1v) is 11.8. The highest BCUT2D eigenvalue weighted by Gasteiger charge is 2.05. The van der Waals surface area contributed by atoms with Crippen LogP contribution in [0.4, 0.5) is 0 Å². The van der Waals surface area contributed by atoms with Gasteiger partial charge >= 0.3 is 11.9 Å². The lowest BCUT2D eigenvalue weighted by Crippen LogP contribution is -1.93. The number of phenolic OH excluding ortho intramolecular Hbond substituents is 2. The number of phenols is 2. The van der Waals surface area contributed by atoms with E-state index in [0.717, 1.165) is 21.8 Å². The Bertz CT molecular complexity index is 1360. The third-order valence-electron chi connectivity index (χ3n) is 4.64. The molecule has 5 N–H and O–H groups in total. The molecule has 2 aromatic heterocycles. The van der Waals surface area contributed by atoms with Gasteiger partial charge in [0.1, 0.15) is 11.5 Å². The lowest BCUT2D eigenvalue weighted by Gasteiger charge is -2.01. The van der Waals surface area contributed by atoms with Crippen molar-refractivity contribution >= 4 is 34.7 Å². The van der Waals surface area contributed by atoms with Crippen molar-refractivity contribution in [3.8, 4) is 11.5 Å². The van der Waals surface area contributed by atoms with Crippen molar-refractivity contribution in [3.05, 3.63) is 114 Å². The molecule has 0 saturated carbocycles. The van der Waals surface area contributed by atoms with E-state index in [-0.39, 0.29) is 11.5 Å². The number of carbonyl (C=O) groups is 2. The third-order valence-corrected chi connectivity index (χ3v) is 5.59. The van der Waals surface area contributed by atoms with Gasteiger partial charge in [-0.1, -0.05) is 48.2 Å². The van der Waals surface area contributed by atoms with Gasteiger partial charge < -0.3 is 25.4 Å². The predicted octanol–water partition coefficient (Wildman–Crippen LogP) is 5.43. The summed E-state index contributed by atoms with van der Waals surface area (Å²) >= 11 is 1.50. The average molecular weight is 518 g/mol. The highest BCUT2D eigenvalue weighted by Crippen LogP contribution is 2.27. The van der Waals surface area contributed by atoms with Gasteiger partial charge in [0.25, 0.3) is 0 Å². The summed E-state index contributed by atoms with van der Waals surface area (Å²) in [6.45, 7) is 0. The number of pyridine rings is 1. The Morgan fingerprint density at radius 2 is 1.32 bits per heavy atom. The molecule has 0 amide bonds. The fourth-order valence-electron chi connectivity index (χ4n) is 2.95. The van der Waals surface area contributed by atoms with Crippen molar-refractivity contribution in [2.24, 2.45) is 0 Å². The van der Waals surface area contributed by atoms with Crippen LogP contribution in [0.1, 0.15) is 26.3 Å². The van der Waals surface area contributed by atoms with Crippen LogP contribution < -0.4 is 0 Å². The van der Waals surface area contributed by atoms with Crippen LogP contribution in [0, 0.1) is 0 Å². The molecule has 0 unspecified atom stereocenters. The summed E-state index contributed by atoms with van der Waals surface area (Å²) in [6, 6.07) is 23.0. The first-order chi connectivity index (χ1) is 17.8. The molecule has 188 valence electrons. The number of aromatic carboxylic acids is 2. The summed E-state index contributed by atoms with van der Waals surface area (Å²) in [4.78, 5) is 32.0. The molecule has 3 aromatic carbocycles. The lowest BCUT2D eigenvalue weighted by molar-refractivity contribution is 0.0686. The molecular formula is C27H23N3O6S. The third kappa shape index (κ3) is 8.71. The molecule has 10 heteroatoms. The van der Waals surface area contributed by atoms with Crippen LogP contribution in [-0.4, -0.2) is 47.3 Å². The Morgan fingerprint density at radius 1 is 0.784 bits per heavy atom. The molecule has 0 fully saturated rings. The first kappa shape index (κ1) is 26.8. The van der Waals surface area contributed by atoms with Crippen molar-refractivity contribution < 1.29 is 30.0 Å². The van der Waals surface area contributed by atoms with Gasteiger partial charge in [-0.15, -0.1) is 0 Å². The van der Waals surface area contributed by atoms with Crippen molar-refractivity contribution in [3.63, 3.8) is 0 Å². The number of carboxylic acids is 2. The van der Waals surface area contributed by atoms with Gasteiger partial charge in [-0.2, -0.15) is 0 Å². The highest BCUT2D eigenvalue weighted by atomic mass is 32.2. The zero-order chi connectivity index (χ0) is 26.6. The van der Waals surface area contributed by atoms with Crippen LogP contribution in [0.2, 0.25) is 0 Å². The van der Waals surface area contributed by atoms with Gasteiger partial charge in [-0.05, 0) is 48.0 Å². The van der Waals surface area contributed by atoms with Crippen LogP contribution in [0.15, 0.2) is 102 Å². The highest BCUT2D eigenvalue weighted by molar-refractivity contribution is 7.98. The standard InChI is InChI=1S/C13H11N3O2S.2C7H6O2/c17-9-3-8(4-10(18)5-9)7-19-13-15-11-1-2-14-6-12(11)16-13;2*8-7(9)6-4-2-1-3-5-6/h1-6,17-18H,7H2,(H,15,16);2*1-5H,(H,8,9). The van der Waals surface area contributed by atoms with Crippen LogP contribution in [0.3, 0.4) is 0 Å². The zero-order valence-electron chi connectivity index (χ0n) is 19.4. The van der Waals surface area contributed by atoms with E-state index in [1.807, 2.05) is 6.07 Å². The minimum atomic E-state index is -0.879. The van der Waals surface area contributed by atoms with E-state index in [1.54, 1.807) is 85.2 Å². The predicted molar refractivity (Wildman–Crippen MR) is 140 cm³/mol. The molecule has 0 aliphatic heterocycles. The molecule has 0 atom stereocenters. The second kappa shape index (κ2) is 13.3. The van der Waals surface area contributed by atoms with Crippen molar-refractivity contribution in [2.45, 2.75) is 10.9 Å². The lowest BCUT2D eigenvalue weighted by atomic mass is 10.2. The normalized spacial score (nSPS) is 9.95. The molecule has 5 aromatic rings. The minimum absolute atomic E-state index is 0.0596. The fraction of sp³-hybridized carbons (Fsp3) is 0.0370. The number of imidazole rings is 1.